The van der Waals surface area contributed by atoms with Crippen molar-refractivity contribution in [2.24, 2.45) is 5.10 Å². The highest BCUT2D eigenvalue weighted by Crippen LogP contribution is 2.28. The SMILES string of the molecule is COCC1CC(C)=NN1c1ncccc1Cl. The Labute approximate surface area is 99.9 Å². The van der Waals surface area contributed by atoms with Gasteiger partial charge in [0.15, 0.2) is 5.82 Å². The summed E-state index contributed by atoms with van der Waals surface area (Å²) < 4.78 is 5.18. The predicted octanol–water partition coefficient (Wildman–Crippen LogP) is 2.34. The first-order valence-corrected chi connectivity index (χ1v) is 5.53. The van der Waals surface area contributed by atoms with Gasteiger partial charge in [0.1, 0.15) is 0 Å². The lowest BCUT2D eigenvalue weighted by atomic mass is 10.2. The van der Waals surface area contributed by atoms with Crippen LogP contribution in [-0.4, -0.2) is 30.5 Å². The third kappa shape index (κ3) is 2.18. The maximum Gasteiger partial charge on any atom is 0.168 e. The number of rotatable bonds is 3. The van der Waals surface area contributed by atoms with Crippen molar-refractivity contribution in [2.75, 3.05) is 18.7 Å². The lowest BCUT2D eigenvalue weighted by Crippen LogP contribution is -2.31. The summed E-state index contributed by atoms with van der Waals surface area (Å²) in [6, 6.07) is 3.82. The first-order valence-electron chi connectivity index (χ1n) is 5.15. The Bertz CT molecular complexity index is 408. The van der Waals surface area contributed by atoms with Gasteiger partial charge >= 0.3 is 0 Å². The minimum absolute atomic E-state index is 0.192. The van der Waals surface area contributed by atoms with Crippen molar-refractivity contribution in [3.05, 3.63) is 23.4 Å². The van der Waals surface area contributed by atoms with Crippen molar-refractivity contribution >= 4 is 23.1 Å². The van der Waals surface area contributed by atoms with Gasteiger partial charge in [-0.25, -0.2) is 9.99 Å². The molecule has 0 radical (unpaired) electrons. The van der Waals surface area contributed by atoms with Gasteiger partial charge in [-0.2, -0.15) is 5.10 Å². The third-order valence-corrected chi connectivity index (χ3v) is 2.77. The fraction of sp³-hybridized carbons (Fsp3) is 0.455. The molecule has 0 fully saturated rings. The highest BCUT2D eigenvalue weighted by atomic mass is 35.5. The van der Waals surface area contributed by atoms with E-state index in [1.54, 1.807) is 13.3 Å². The van der Waals surface area contributed by atoms with Gasteiger partial charge < -0.3 is 4.74 Å². The van der Waals surface area contributed by atoms with E-state index in [1.807, 2.05) is 24.1 Å². The Morgan fingerprint density at radius 1 is 1.62 bits per heavy atom. The number of hydrazone groups is 1. The molecule has 1 aromatic heterocycles. The summed E-state index contributed by atoms with van der Waals surface area (Å²) in [7, 11) is 1.69. The van der Waals surface area contributed by atoms with E-state index in [2.05, 4.69) is 10.1 Å². The normalized spacial score (nSPS) is 20.1. The molecule has 0 saturated carbocycles. The molecular formula is C11H14ClN3O. The average molecular weight is 240 g/mol. The van der Waals surface area contributed by atoms with Crippen LogP contribution in [0.25, 0.3) is 0 Å². The highest BCUT2D eigenvalue weighted by Gasteiger charge is 2.27. The van der Waals surface area contributed by atoms with Gasteiger partial charge in [0.2, 0.25) is 0 Å². The van der Waals surface area contributed by atoms with Gasteiger partial charge in [-0.15, -0.1) is 0 Å². The number of nitrogens with zero attached hydrogens (tertiary/aromatic N) is 3. The van der Waals surface area contributed by atoms with E-state index in [9.17, 15) is 0 Å². The molecule has 0 spiro atoms. The van der Waals surface area contributed by atoms with Crippen molar-refractivity contribution in [1.29, 1.82) is 0 Å². The highest BCUT2D eigenvalue weighted by molar-refractivity contribution is 6.33. The number of aromatic nitrogens is 1. The van der Waals surface area contributed by atoms with E-state index >= 15 is 0 Å². The fourth-order valence-corrected chi connectivity index (χ4v) is 2.03. The van der Waals surface area contributed by atoms with Gasteiger partial charge in [0, 0.05) is 25.4 Å². The number of anilines is 1. The number of ether oxygens (including phenoxy) is 1. The molecule has 2 heterocycles. The molecule has 0 aromatic carbocycles. The topological polar surface area (TPSA) is 37.7 Å². The van der Waals surface area contributed by atoms with Crippen LogP contribution in [0.1, 0.15) is 13.3 Å². The summed E-state index contributed by atoms with van der Waals surface area (Å²) in [5, 5.41) is 6.90. The standard InChI is InChI=1S/C11H14ClN3O/c1-8-6-9(7-16-2)15(14-8)11-10(12)4-3-5-13-11/h3-5,9H,6-7H2,1-2H3. The monoisotopic (exact) mass is 239 g/mol. The van der Waals surface area contributed by atoms with Crippen LogP contribution < -0.4 is 5.01 Å². The van der Waals surface area contributed by atoms with E-state index in [0.29, 0.717) is 17.4 Å². The maximum absolute atomic E-state index is 6.10. The van der Waals surface area contributed by atoms with Gasteiger partial charge in [-0.1, -0.05) is 11.6 Å². The van der Waals surface area contributed by atoms with Crippen LogP contribution in [0, 0.1) is 0 Å². The van der Waals surface area contributed by atoms with E-state index in [4.69, 9.17) is 16.3 Å². The molecular weight excluding hydrogens is 226 g/mol. The molecule has 0 amide bonds. The average Bonchev–Trinajstić information content (AvgIpc) is 2.61. The van der Waals surface area contributed by atoms with Crippen molar-refractivity contribution in [2.45, 2.75) is 19.4 Å². The summed E-state index contributed by atoms with van der Waals surface area (Å²) in [4.78, 5) is 4.26. The van der Waals surface area contributed by atoms with Crippen molar-refractivity contribution in [3.63, 3.8) is 0 Å². The maximum atomic E-state index is 6.10. The summed E-state index contributed by atoms with van der Waals surface area (Å²) in [6.07, 6.45) is 2.61. The van der Waals surface area contributed by atoms with Crippen molar-refractivity contribution in [1.82, 2.24) is 4.98 Å². The largest absolute Gasteiger partial charge is 0.382 e. The molecule has 1 aliphatic rings. The van der Waals surface area contributed by atoms with Gasteiger partial charge in [0.25, 0.3) is 0 Å². The molecule has 4 nitrogen and oxygen atoms in total. The first kappa shape index (κ1) is 11.4. The van der Waals surface area contributed by atoms with Crippen LogP contribution in [0.4, 0.5) is 5.82 Å². The summed E-state index contributed by atoms with van der Waals surface area (Å²) in [6.45, 7) is 2.62. The Morgan fingerprint density at radius 3 is 3.12 bits per heavy atom. The lowest BCUT2D eigenvalue weighted by Gasteiger charge is -2.22. The van der Waals surface area contributed by atoms with E-state index in [0.717, 1.165) is 12.1 Å². The molecule has 0 bridgehead atoms. The van der Waals surface area contributed by atoms with Crippen LogP contribution >= 0.6 is 11.6 Å². The molecule has 86 valence electrons. The number of hydrogen-bond donors (Lipinski definition) is 0. The molecule has 5 heteroatoms. The Kier molecular flexibility index (Phi) is 3.41. The Morgan fingerprint density at radius 2 is 2.44 bits per heavy atom. The number of pyridine rings is 1. The first-order chi connectivity index (χ1) is 7.72. The smallest absolute Gasteiger partial charge is 0.168 e. The minimum Gasteiger partial charge on any atom is -0.382 e. The minimum atomic E-state index is 0.192. The zero-order valence-electron chi connectivity index (χ0n) is 9.35. The van der Waals surface area contributed by atoms with Crippen molar-refractivity contribution < 1.29 is 4.74 Å². The second-order valence-electron chi connectivity index (χ2n) is 3.80. The van der Waals surface area contributed by atoms with E-state index in [-0.39, 0.29) is 6.04 Å². The summed E-state index contributed by atoms with van der Waals surface area (Å²) >= 11 is 6.10. The zero-order chi connectivity index (χ0) is 11.5. The second-order valence-corrected chi connectivity index (χ2v) is 4.21. The third-order valence-electron chi connectivity index (χ3n) is 2.47. The Hall–Kier alpha value is -1.13. The lowest BCUT2D eigenvalue weighted by molar-refractivity contribution is 0.181. The number of hydrogen-bond acceptors (Lipinski definition) is 4. The number of halogens is 1. The van der Waals surface area contributed by atoms with Gasteiger partial charge in [-0.05, 0) is 19.1 Å². The van der Waals surface area contributed by atoms with Crippen LogP contribution in [0.15, 0.2) is 23.4 Å². The Balaban J connectivity index is 2.28. The summed E-state index contributed by atoms with van der Waals surface area (Å²) in [5.41, 5.74) is 1.07. The van der Waals surface area contributed by atoms with Crippen LogP contribution in [0.2, 0.25) is 5.02 Å². The molecule has 0 aliphatic carbocycles. The van der Waals surface area contributed by atoms with Crippen LogP contribution in [-0.2, 0) is 4.74 Å². The van der Waals surface area contributed by atoms with E-state index < -0.39 is 0 Å². The molecule has 1 aromatic rings. The molecule has 0 saturated heterocycles. The molecule has 1 aliphatic heterocycles. The molecule has 1 atom stereocenters. The van der Waals surface area contributed by atoms with Gasteiger partial charge in [0.05, 0.1) is 17.7 Å². The summed E-state index contributed by atoms with van der Waals surface area (Å²) in [5.74, 6) is 0.697. The second kappa shape index (κ2) is 4.80. The van der Waals surface area contributed by atoms with Crippen molar-refractivity contribution in [3.8, 4) is 0 Å². The van der Waals surface area contributed by atoms with Crippen LogP contribution in [0.5, 0.6) is 0 Å². The van der Waals surface area contributed by atoms with Crippen LogP contribution in [0.3, 0.4) is 0 Å². The van der Waals surface area contributed by atoms with E-state index in [1.165, 1.54) is 0 Å². The molecule has 16 heavy (non-hydrogen) atoms. The van der Waals surface area contributed by atoms with Gasteiger partial charge in [-0.3, -0.25) is 0 Å². The zero-order valence-corrected chi connectivity index (χ0v) is 10.1. The molecule has 0 N–H and O–H groups in total. The predicted molar refractivity (Wildman–Crippen MR) is 65.1 cm³/mol. The number of methoxy groups -OCH3 is 1. The quantitative estimate of drug-likeness (QED) is 0.813. The fourth-order valence-electron chi connectivity index (χ4n) is 1.82. The molecule has 1 unspecified atom stereocenters. The molecule has 2 rings (SSSR count).